The lowest BCUT2D eigenvalue weighted by Crippen LogP contribution is -2.13. The molecule has 0 aliphatic carbocycles. The number of rotatable bonds is 3. The molecule has 0 atom stereocenters. The van der Waals surface area contributed by atoms with E-state index < -0.39 is 5.97 Å². The van der Waals surface area contributed by atoms with Gasteiger partial charge in [0.05, 0.1) is 24.9 Å². The Bertz CT molecular complexity index is 696. The van der Waals surface area contributed by atoms with E-state index in [1.54, 1.807) is 10.6 Å². The standard InChI is InChI=1S/C15H15N3O2/c1-10-6-12(7-16)4-5-13(10)9-18-11(2)17-8-14(18)15(19)20-3/h4-6,8H,9H2,1-3H3. The maximum Gasteiger partial charge on any atom is 0.356 e. The van der Waals surface area contributed by atoms with Gasteiger partial charge in [0.2, 0.25) is 0 Å². The van der Waals surface area contributed by atoms with Crippen LogP contribution in [0.15, 0.2) is 24.4 Å². The highest BCUT2D eigenvalue weighted by Crippen LogP contribution is 2.15. The Morgan fingerprint density at radius 1 is 1.45 bits per heavy atom. The minimum Gasteiger partial charge on any atom is -0.464 e. The third-order valence-corrected chi connectivity index (χ3v) is 3.25. The first-order valence-corrected chi connectivity index (χ1v) is 6.17. The normalized spacial score (nSPS) is 10.1. The van der Waals surface area contributed by atoms with Gasteiger partial charge in [0.15, 0.2) is 0 Å². The third-order valence-electron chi connectivity index (χ3n) is 3.25. The number of carbonyl (C=O) groups excluding carboxylic acids is 1. The number of benzene rings is 1. The molecule has 0 N–H and O–H groups in total. The monoisotopic (exact) mass is 269 g/mol. The van der Waals surface area contributed by atoms with Crippen molar-refractivity contribution in [3.8, 4) is 6.07 Å². The molecule has 0 saturated heterocycles. The Morgan fingerprint density at radius 2 is 2.20 bits per heavy atom. The van der Waals surface area contributed by atoms with Gasteiger partial charge in [-0.05, 0) is 37.1 Å². The average molecular weight is 269 g/mol. The molecule has 5 nitrogen and oxygen atoms in total. The van der Waals surface area contributed by atoms with Crippen LogP contribution in [0.25, 0.3) is 0 Å². The molecule has 0 unspecified atom stereocenters. The number of carbonyl (C=O) groups is 1. The zero-order chi connectivity index (χ0) is 14.7. The molecule has 0 aliphatic rings. The van der Waals surface area contributed by atoms with E-state index in [4.69, 9.17) is 10.00 Å². The Labute approximate surface area is 117 Å². The van der Waals surface area contributed by atoms with Gasteiger partial charge >= 0.3 is 5.97 Å². The lowest BCUT2D eigenvalue weighted by molar-refractivity contribution is 0.0588. The number of ether oxygens (including phenoxy) is 1. The smallest absolute Gasteiger partial charge is 0.356 e. The number of aromatic nitrogens is 2. The number of hydrogen-bond acceptors (Lipinski definition) is 4. The van der Waals surface area contributed by atoms with E-state index in [0.29, 0.717) is 17.8 Å². The van der Waals surface area contributed by atoms with Gasteiger partial charge in [-0.15, -0.1) is 0 Å². The molecule has 0 aliphatic heterocycles. The van der Waals surface area contributed by atoms with Gasteiger partial charge in [-0.1, -0.05) is 6.07 Å². The summed E-state index contributed by atoms with van der Waals surface area (Å²) in [7, 11) is 1.35. The van der Waals surface area contributed by atoms with Gasteiger partial charge < -0.3 is 9.30 Å². The number of aryl methyl sites for hydroxylation is 2. The summed E-state index contributed by atoms with van der Waals surface area (Å²) in [5, 5.41) is 8.88. The second kappa shape index (κ2) is 5.57. The van der Waals surface area contributed by atoms with Crippen LogP contribution >= 0.6 is 0 Å². The van der Waals surface area contributed by atoms with Gasteiger partial charge in [0, 0.05) is 6.54 Å². The summed E-state index contributed by atoms with van der Waals surface area (Å²) in [6.45, 7) is 4.31. The third kappa shape index (κ3) is 2.54. The fraction of sp³-hybridized carbons (Fsp3) is 0.267. The summed E-state index contributed by atoms with van der Waals surface area (Å²) in [5.41, 5.74) is 3.10. The molecule has 0 amide bonds. The van der Waals surface area contributed by atoms with Gasteiger partial charge in [0.25, 0.3) is 0 Å². The van der Waals surface area contributed by atoms with Crippen molar-refractivity contribution >= 4 is 5.97 Å². The molecule has 1 aromatic heterocycles. The molecule has 0 saturated carbocycles. The molecule has 2 rings (SSSR count). The van der Waals surface area contributed by atoms with Crippen molar-refractivity contribution in [2.24, 2.45) is 0 Å². The first-order valence-electron chi connectivity index (χ1n) is 6.17. The topological polar surface area (TPSA) is 67.9 Å². The van der Waals surface area contributed by atoms with Gasteiger partial charge in [-0.2, -0.15) is 5.26 Å². The predicted molar refractivity (Wildman–Crippen MR) is 73.3 cm³/mol. The zero-order valence-electron chi connectivity index (χ0n) is 11.7. The molecule has 5 heteroatoms. The van der Waals surface area contributed by atoms with Crippen molar-refractivity contribution in [1.82, 2.24) is 9.55 Å². The minimum absolute atomic E-state index is 0.406. The largest absolute Gasteiger partial charge is 0.464 e. The number of nitriles is 1. The number of esters is 1. The minimum atomic E-state index is -0.406. The van der Waals surface area contributed by atoms with Crippen LogP contribution in [0.1, 0.15) is 33.0 Å². The van der Waals surface area contributed by atoms with E-state index in [2.05, 4.69) is 11.1 Å². The van der Waals surface area contributed by atoms with E-state index in [1.165, 1.54) is 13.3 Å². The first-order chi connectivity index (χ1) is 9.56. The van der Waals surface area contributed by atoms with Crippen LogP contribution in [-0.4, -0.2) is 22.6 Å². The highest BCUT2D eigenvalue weighted by Gasteiger charge is 2.15. The van der Waals surface area contributed by atoms with Crippen LogP contribution in [0.4, 0.5) is 0 Å². The molecule has 1 heterocycles. The van der Waals surface area contributed by atoms with E-state index in [0.717, 1.165) is 17.0 Å². The summed E-state index contributed by atoms with van der Waals surface area (Å²) < 4.78 is 6.56. The van der Waals surface area contributed by atoms with E-state index >= 15 is 0 Å². The maximum absolute atomic E-state index is 11.7. The van der Waals surface area contributed by atoms with E-state index in [9.17, 15) is 4.79 Å². The van der Waals surface area contributed by atoms with Crippen LogP contribution in [0.2, 0.25) is 0 Å². The van der Waals surface area contributed by atoms with E-state index in [1.807, 2.05) is 26.0 Å². The van der Waals surface area contributed by atoms with Crippen molar-refractivity contribution < 1.29 is 9.53 Å². The number of imidazole rings is 1. The van der Waals surface area contributed by atoms with E-state index in [-0.39, 0.29) is 0 Å². The summed E-state index contributed by atoms with van der Waals surface area (Å²) in [4.78, 5) is 15.9. The van der Waals surface area contributed by atoms with Crippen molar-refractivity contribution in [3.63, 3.8) is 0 Å². The summed E-state index contributed by atoms with van der Waals surface area (Å²) in [6.07, 6.45) is 1.51. The van der Waals surface area contributed by atoms with Crippen LogP contribution in [-0.2, 0) is 11.3 Å². The van der Waals surface area contributed by atoms with Crippen molar-refractivity contribution in [3.05, 3.63) is 52.6 Å². The highest BCUT2D eigenvalue weighted by molar-refractivity contribution is 5.87. The summed E-state index contributed by atoms with van der Waals surface area (Å²) >= 11 is 0. The average Bonchev–Trinajstić information content (AvgIpc) is 2.81. The number of nitrogens with zero attached hydrogens (tertiary/aromatic N) is 3. The molecule has 0 bridgehead atoms. The second-order valence-electron chi connectivity index (χ2n) is 4.52. The van der Waals surface area contributed by atoms with Gasteiger partial charge in [-0.3, -0.25) is 0 Å². The Hall–Kier alpha value is -2.61. The molecule has 0 radical (unpaired) electrons. The van der Waals surface area contributed by atoms with Crippen LogP contribution < -0.4 is 0 Å². The number of hydrogen-bond donors (Lipinski definition) is 0. The van der Waals surface area contributed by atoms with Crippen molar-refractivity contribution in [1.29, 1.82) is 5.26 Å². The quantitative estimate of drug-likeness (QED) is 0.801. The predicted octanol–water partition coefficient (Wildman–Crippen LogP) is 2.21. The molecule has 102 valence electrons. The Balaban J connectivity index is 2.38. The molecule has 20 heavy (non-hydrogen) atoms. The zero-order valence-corrected chi connectivity index (χ0v) is 11.7. The fourth-order valence-corrected chi connectivity index (χ4v) is 2.05. The fourth-order valence-electron chi connectivity index (χ4n) is 2.05. The SMILES string of the molecule is COC(=O)c1cnc(C)n1Cc1ccc(C#N)cc1C. The molecule has 0 fully saturated rings. The van der Waals surface area contributed by atoms with Crippen LogP contribution in [0.5, 0.6) is 0 Å². The maximum atomic E-state index is 11.7. The molecule has 0 spiro atoms. The molecular weight excluding hydrogens is 254 g/mol. The molecular formula is C15H15N3O2. The van der Waals surface area contributed by atoms with Crippen molar-refractivity contribution in [2.45, 2.75) is 20.4 Å². The second-order valence-corrected chi connectivity index (χ2v) is 4.52. The van der Waals surface area contributed by atoms with Crippen LogP contribution in [0, 0.1) is 25.2 Å². The number of methoxy groups -OCH3 is 1. The summed E-state index contributed by atoms with van der Waals surface area (Å²) in [6, 6.07) is 7.61. The molecule has 1 aromatic carbocycles. The van der Waals surface area contributed by atoms with Crippen LogP contribution in [0.3, 0.4) is 0 Å². The Kier molecular flexibility index (Phi) is 3.85. The highest BCUT2D eigenvalue weighted by atomic mass is 16.5. The lowest BCUT2D eigenvalue weighted by atomic mass is 10.1. The van der Waals surface area contributed by atoms with Crippen molar-refractivity contribution in [2.75, 3.05) is 7.11 Å². The lowest BCUT2D eigenvalue weighted by Gasteiger charge is -2.11. The summed E-state index contributed by atoms with van der Waals surface area (Å²) in [5.74, 6) is 0.339. The molecule has 2 aromatic rings. The first kappa shape index (κ1) is 13.8. The van der Waals surface area contributed by atoms with Gasteiger partial charge in [-0.25, -0.2) is 9.78 Å². The Morgan fingerprint density at radius 3 is 2.80 bits per heavy atom. The van der Waals surface area contributed by atoms with Gasteiger partial charge in [0.1, 0.15) is 11.5 Å².